The summed E-state index contributed by atoms with van der Waals surface area (Å²) in [4.78, 5) is 9.38. The van der Waals surface area contributed by atoms with Gasteiger partial charge in [0.15, 0.2) is 0 Å². The van der Waals surface area contributed by atoms with Gasteiger partial charge >= 0.3 is 0 Å². The first-order valence-electron chi connectivity index (χ1n) is 9.18. The number of hydrogen-bond donors (Lipinski definition) is 1. The van der Waals surface area contributed by atoms with Crippen molar-refractivity contribution < 1.29 is 5.11 Å². The maximum atomic E-state index is 9.57. The van der Waals surface area contributed by atoms with E-state index in [0.29, 0.717) is 5.02 Å². The highest BCUT2D eigenvalue weighted by molar-refractivity contribution is 6.30. The summed E-state index contributed by atoms with van der Waals surface area (Å²) in [6.07, 6.45) is 3.80. The van der Waals surface area contributed by atoms with E-state index in [2.05, 4.69) is 9.38 Å². The van der Waals surface area contributed by atoms with Crippen LogP contribution in [0, 0.1) is 0 Å². The van der Waals surface area contributed by atoms with E-state index in [9.17, 15) is 5.11 Å². The Labute approximate surface area is 172 Å². The molecular weight excluding hydrogens is 382 g/mol. The van der Waals surface area contributed by atoms with E-state index < -0.39 is 0 Å². The number of benzene rings is 2. The van der Waals surface area contributed by atoms with Gasteiger partial charge in [0.05, 0.1) is 17.1 Å². The van der Waals surface area contributed by atoms with Gasteiger partial charge in [-0.15, -0.1) is 0 Å². The van der Waals surface area contributed by atoms with Crippen LogP contribution in [0.5, 0.6) is 5.75 Å². The van der Waals surface area contributed by atoms with Gasteiger partial charge in [-0.1, -0.05) is 29.8 Å². The van der Waals surface area contributed by atoms with Crippen LogP contribution in [0.4, 0.5) is 0 Å². The summed E-state index contributed by atoms with van der Waals surface area (Å²) in [5, 5.41) is 10.2. The van der Waals surface area contributed by atoms with Gasteiger partial charge in [0.1, 0.15) is 11.4 Å². The highest BCUT2D eigenvalue weighted by Gasteiger charge is 2.17. The first-order chi connectivity index (χ1) is 14.2. The molecule has 0 fully saturated rings. The predicted octanol–water partition coefficient (Wildman–Crippen LogP) is 6.09. The molecule has 5 aromatic rings. The maximum absolute atomic E-state index is 9.57. The zero-order valence-corrected chi connectivity index (χ0v) is 16.1. The molecule has 0 bridgehead atoms. The van der Waals surface area contributed by atoms with Gasteiger partial charge in [-0.25, -0.2) is 4.98 Å². The molecule has 0 aliphatic carbocycles. The summed E-state index contributed by atoms with van der Waals surface area (Å²) < 4.78 is 2.08. The second-order valence-electron chi connectivity index (χ2n) is 6.72. The number of rotatable bonds is 3. The Balaban J connectivity index is 1.74. The number of imidazole rings is 1. The highest BCUT2D eigenvalue weighted by Crippen LogP contribution is 2.35. The SMILES string of the molecule is Oc1ccc(-c2cc(-c3c(-c4cccc(Cl)c4)nc4ccccn34)ccn2)cc1. The predicted molar refractivity (Wildman–Crippen MR) is 116 cm³/mol. The lowest BCUT2D eigenvalue weighted by Gasteiger charge is -2.08. The standard InChI is InChI=1S/C24H16ClN3O/c25-19-5-3-4-17(14-19)23-24(28-13-2-1-6-22(28)27-23)18-11-12-26-21(15-18)16-7-9-20(29)10-8-16/h1-15,29H. The van der Waals surface area contributed by atoms with Gasteiger partial charge in [0.25, 0.3) is 0 Å². The third-order valence-electron chi connectivity index (χ3n) is 4.82. The van der Waals surface area contributed by atoms with Crippen molar-refractivity contribution in [3.8, 4) is 39.5 Å². The van der Waals surface area contributed by atoms with Crippen molar-refractivity contribution in [1.29, 1.82) is 0 Å². The molecule has 0 spiro atoms. The number of hydrogen-bond acceptors (Lipinski definition) is 3. The first-order valence-corrected chi connectivity index (χ1v) is 9.56. The number of phenols is 1. The highest BCUT2D eigenvalue weighted by atomic mass is 35.5. The zero-order chi connectivity index (χ0) is 19.8. The lowest BCUT2D eigenvalue weighted by atomic mass is 10.0. The Hall–Kier alpha value is -3.63. The van der Waals surface area contributed by atoms with Gasteiger partial charge in [-0.2, -0.15) is 0 Å². The van der Waals surface area contributed by atoms with Crippen molar-refractivity contribution in [2.75, 3.05) is 0 Å². The lowest BCUT2D eigenvalue weighted by molar-refractivity contribution is 0.475. The molecule has 0 amide bonds. The summed E-state index contributed by atoms with van der Waals surface area (Å²) in [5.74, 6) is 0.231. The molecule has 0 aliphatic rings. The van der Waals surface area contributed by atoms with E-state index >= 15 is 0 Å². The van der Waals surface area contributed by atoms with Gasteiger partial charge in [0.2, 0.25) is 0 Å². The van der Waals surface area contributed by atoms with Gasteiger partial charge in [-0.05, 0) is 60.7 Å². The van der Waals surface area contributed by atoms with Crippen LogP contribution in [0.25, 0.3) is 39.4 Å². The fourth-order valence-corrected chi connectivity index (χ4v) is 3.67. The molecule has 0 saturated heterocycles. The Morgan fingerprint density at radius 1 is 0.793 bits per heavy atom. The molecule has 0 atom stereocenters. The van der Waals surface area contributed by atoms with Crippen molar-refractivity contribution in [2.45, 2.75) is 0 Å². The number of nitrogens with zero attached hydrogens (tertiary/aromatic N) is 3. The van der Waals surface area contributed by atoms with Gasteiger partial charge in [-0.3, -0.25) is 9.38 Å². The number of aromatic nitrogens is 3. The molecule has 29 heavy (non-hydrogen) atoms. The summed E-state index contributed by atoms with van der Waals surface area (Å²) in [6, 6.07) is 24.7. The van der Waals surface area contributed by atoms with Gasteiger partial charge < -0.3 is 5.11 Å². The molecule has 0 radical (unpaired) electrons. The Morgan fingerprint density at radius 2 is 1.66 bits per heavy atom. The quantitative estimate of drug-likeness (QED) is 0.400. The smallest absolute Gasteiger partial charge is 0.137 e. The van der Waals surface area contributed by atoms with Crippen LogP contribution >= 0.6 is 11.6 Å². The minimum Gasteiger partial charge on any atom is -0.508 e. The molecule has 140 valence electrons. The number of aromatic hydroxyl groups is 1. The average molecular weight is 398 g/mol. The average Bonchev–Trinajstić information content (AvgIpc) is 3.14. The van der Waals surface area contributed by atoms with Crippen molar-refractivity contribution in [1.82, 2.24) is 14.4 Å². The van der Waals surface area contributed by atoms with Crippen molar-refractivity contribution in [3.63, 3.8) is 0 Å². The first kappa shape index (κ1) is 17.5. The van der Waals surface area contributed by atoms with E-state index in [1.165, 1.54) is 0 Å². The Kier molecular flexibility index (Phi) is 4.26. The normalized spacial score (nSPS) is 11.1. The van der Waals surface area contributed by atoms with E-state index in [1.54, 1.807) is 18.3 Å². The molecule has 3 heterocycles. The van der Waals surface area contributed by atoms with Crippen LogP contribution in [-0.4, -0.2) is 19.5 Å². The van der Waals surface area contributed by atoms with E-state index in [0.717, 1.165) is 39.4 Å². The van der Waals surface area contributed by atoms with Crippen LogP contribution in [0.1, 0.15) is 0 Å². The van der Waals surface area contributed by atoms with Crippen LogP contribution in [-0.2, 0) is 0 Å². The van der Waals surface area contributed by atoms with Gasteiger partial charge in [0, 0.05) is 34.1 Å². The largest absolute Gasteiger partial charge is 0.508 e. The maximum Gasteiger partial charge on any atom is 0.137 e. The Bertz CT molecular complexity index is 1330. The van der Waals surface area contributed by atoms with Crippen molar-refractivity contribution in [2.24, 2.45) is 0 Å². The fraction of sp³-hybridized carbons (Fsp3) is 0. The third kappa shape index (κ3) is 3.24. The third-order valence-corrected chi connectivity index (χ3v) is 5.06. The monoisotopic (exact) mass is 397 g/mol. The molecule has 4 nitrogen and oxygen atoms in total. The van der Waals surface area contributed by atoms with E-state index in [4.69, 9.17) is 16.6 Å². The molecule has 0 saturated carbocycles. The van der Waals surface area contributed by atoms with E-state index in [-0.39, 0.29) is 5.75 Å². The topological polar surface area (TPSA) is 50.4 Å². The van der Waals surface area contributed by atoms with Crippen molar-refractivity contribution in [3.05, 3.63) is 96.3 Å². The number of phenolic OH excluding ortho intramolecular Hbond substituents is 1. The zero-order valence-electron chi connectivity index (χ0n) is 15.3. The van der Waals surface area contributed by atoms with Crippen LogP contribution in [0.15, 0.2) is 91.3 Å². The Morgan fingerprint density at radius 3 is 2.48 bits per heavy atom. The van der Waals surface area contributed by atoms with Crippen LogP contribution < -0.4 is 0 Å². The summed E-state index contributed by atoms with van der Waals surface area (Å²) in [6.45, 7) is 0. The molecule has 0 unspecified atom stereocenters. The molecular formula is C24H16ClN3O. The summed E-state index contributed by atoms with van der Waals surface area (Å²) in [5.41, 5.74) is 6.41. The second kappa shape index (κ2) is 7.08. The van der Waals surface area contributed by atoms with Crippen LogP contribution in [0.3, 0.4) is 0 Å². The lowest BCUT2D eigenvalue weighted by Crippen LogP contribution is -1.91. The fourth-order valence-electron chi connectivity index (χ4n) is 3.48. The van der Waals surface area contributed by atoms with Crippen LogP contribution in [0.2, 0.25) is 5.02 Å². The number of fused-ring (bicyclic) bond motifs is 1. The number of pyridine rings is 2. The molecule has 5 rings (SSSR count). The molecule has 2 aromatic carbocycles. The molecule has 3 aromatic heterocycles. The summed E-state index contributed by atoms with van der Waals surface area (Å²) >= 11 is 6.24. The number of halogens is 1. The second-order valence-corrected chi connectivity index (χ2v) is 7.16. The molecule has 5 heteroatoms. The van der Waals surface area contributed by atoms with Crippen molar-refractivity contribution >= 4 is 17.2 Å². The summed E-state index contributed by atoms with van der Waals surface area (Å²) in [7, 11) is 0. The van der Waals surface area contributed by atoms with E-state index in [1.807, 2.05) is 72.9 Å². The minimum absolute atomic E-state index is 0.231. The minimum atomic E-state index is 0.231. The molecule has 1 N–H and O–H groups in total. The molecule has 0 aliphatic heterocycles.